The minimum atomic E-state index is -1.71. The van der Waals surface area contributed by atoms with E-state index in [2.05, 4.69) is 52.9 Å². The van der Waals surface area contributed by atoms with Crippen LogP contribution in [0.2, 0.25) is 18.1 Å². The fraction of sp³-hybridized carbons (Fsp3) is 0.905. The van der Waals surface area contributed by atoms with Crippen LogP contribution in [-0.2, 0) is 13.9 Å². The highest BCUT2D eigenvalue weighted by Crippen LogP contribution is 2.38. The lowest BCUT2D eigenvalue weighted by atomic mass is 9.95. The smallest absolute Gasteiger partial charge is 0.207 e. The molecule has 4 atom stereocenters. The fourth-order valence-corrected chi connectivity index (χ4v) is 5.05. The van der Waals surface area contributed by atoms with Gasteiger partial charge in [0.2, 0.25) is 6.54 Å². The highest BCUT2D eigenvalue weighted by atomic mass is 28.4. The highest BCUT2D eigenvalue weighted by Gasteiger charge is 2.38. The largest absolute Gasteiger partial charge is 0.414 e. The molecule has 7 heteroatoms. The van der Waals surface area contributed by atoms with Crippen LogP contribution in [0.3, 0.4) is 0 Å². The summed E-state index contributed by atoms with van der Waals surface area (Å²) >= 11 is 0. The molecule has 0 bridgehead atoms. The zero-order valence-corrected chi connectivity index (χ0v) is 19.9. The molecule has 28 heavy (non-hydrogen) atoms. The molecule has 0 saturated heterocycles. The summed E-state index contributed by atoms with van der Waals surface area (Å²) in [6, 6.07) is 0. The van der Waals surface area contributed by atoms with Gasteiger partial charge in [-0.3, -0.25) is 10.1 Å². The van der Waals surface area contributed by atoms with Gasteiger partial charge < -0.3 is 13.9 Å². The van der Waals surface area contributed by atoms with Crippen LogP contribution in [0.15, 0.2) is 12.2 Å². The first-order valence-corrected chi connectivity index (χ1v) is 13.4. The normalized spacial score (nSPS) is 24.8. The summed E-state index contributed by atoms with van der Waals surface area (Å²) in [5.41, 5.74) is 0. The molecule has 0 radical (unpaired) electrons. The first-order chi connectivity index (χ1) is 13.0. The number of hydrogen-bond acceptors (Lipinski definition) is 5. The number of methoxy groups -OCH3 is 1. The van der Waals surface area contributed by atoms with Gasteiger partial charge in [-0.1, -0.05) is 32.9 Å². The summed E-state index contributed by atoms with van der Waals surface area (Å²) in [5.74, 6) is 0.266. The van der Waals surface area contributed by atoms with Gasteiger partial charge in [0.1, 0.15) is 6.79 Å². The maximum absolute atomic E-state index is 11.0. The van der Waals surface area contributed by atoms with E-state index in [0.717, 1.165) is 32.1 Å². The van der Waals surface area contributed by atoms with Gasteiger partial charge in [0.05, 0.1) is 6.10 Å². The summed E-state index contributed by atoms with van der Waals surface area (Å²) < 4.78 is 17.0. The minimum Gasteiger partial charge on any atom is -0.414 e. The highest BCUT2D eigenvalue weighted by molar-refractivity contribution is 6.74. The molecule has 0 aromatic rings. The maximum atomic E-state index is 11.0. The molecule has 0 spiro atoms. The van der Waals surface area contributed by atoms with Crippen molar-refractivity contribution in [3.63, 3.8) is 0 Å². The standard InChI is InChI=1S/C21H41NO5Si/c1-17(27-28(6,7)21(2,3)4)11-9-8-10-12-18-13-20(26-16-25-5)14-19(18)15-22(23)24/h10,12,17-20H,8-9,11,13-16H2,1-7H3/b12-10-/t17-,18+,19-,20-/m0/s1. The van der Waals surface area contributed by atoms with Gasteiger partial charge in [0.25, 0.3) is 0 Å². The van der Waals surface area contributed by atoms with Crippen molar-refractivity contribution in [2.75, 3.05) is 20.4 Å². The molecule has 164 valence electrons. The van der Waals surface area contributed by atoms with Gasteiger partial charge in [-0.15, -0.1) is 0 Å². The molecule has 0 aromatic carbocycles. The van der Waals surface area contributed by atoms with Crippen LogP contribution in [-0.4, -0.2) is 45.9 Å². The molecule has 0 unspecified atom stereocenters. The maximum Gasteiger partial charge on any atom is 0.207 e. The number of hydrogen-bond donors (Lipinski definition) is 0. The Balaban J connectivity index is 2.42. The average molecular weight is 416 g/mol. The van der Waals surface area contributed by atoms with Crippen molar-refractivity contribution in [3.8, 4) is 0 Å². The van der Waals surface area contributed by atoms with Gasteiger partial charge in [0, 0.05) is 24.1 Å². The number of rotatable bonds is 12. The van der Waals surface area contributed by atoms with Crippen molar-refractivity contribution < 1.29 is 18.8 Å². The molecule has 0 heterocycles. The summed E-state index contributed by atoms with van der Waals surface area (Å²) in [7, 11) is -0.113. The van der Waals surface area contributed by atoms with Crippen LogP contribution in [0.25, 0.3) is 0 Å². The summed E-state index contributed by atoms with van der Waals surface area (Å²) in [5, 5.41) is 11.2. The second-order valence-electron chi connectivity index (χ2n) is 9.65. The Hall–Kier alpha value is -0.763. The zero-order chi connectivity index (χ0) is 21.4. The third-order valence-corrected chi connectivity index (χ3v) is 10.8. The lowest BCUT2D eigenvalue weighted by Gasteiger charge is -2.38. The van der Waals surface area contributed by atoms with Crippen LogP contribution in [0.4, 0.5) is 0 Å². The van der Waals surface area contributed by atoms with Crippen molar-refractivity contribution in [1.29, 1.82) is 0 Å². The molecule has 1 aliphatic rings. The first kappa shape index (κ1) is 25.3. The molecular weight excluding hydrogens is 374 g/mol. The Morgan fingerprint density at radius 2 is 1.96 bits per heavy atom. The Labute approximate surface area is 172 Å². The minimum absolute atomic E-state index is 0.0131. The van der Waals surface area contributed by atoms with Crippen molar-refractivity contribution in [3.05, 3.63) is 22.3 Å². The topological polar surface area (TPSA) is 70.8 Å². The molecule has 0 aromatic heterocycles. The van der Waals surface area contributed by atoms with E-state index in [0.29, 0.717) is 0 Å². The molecule has 1 saturated carbocycles. The number of unbranched alkanes of at least 4 members (excludes halogenated alkanes) is 1. The molecular formula is C21H41NO5Si. The monoisotopic (exact) mass is 415 g/mol. The number of ether oxygens (including phenoxy) is 2. The first-order valence-electron chi connectivity index (χ1n) is 10.5. The zero-order valence-electron chi connectivity index (χ0n) is 18.9. The van der Waals surface area contributed by atoms with Gasteiger partial charge >= 0.3 is 0 Å². The van der Waals surface area contributed by atoms with E-state index in [4.69, 9.17) is 13.9 Å². The van der Waals surface area contributed by atoms with Gasteiger partial charge in [-0.05, 0) is 63.1 Å². The molecule has 1 aliphatic carbocycles. The van der Waals surface area contributed by atoms with E-state index in [1.54, 1.807) is 7.11 Å². The van der Waals surface area contributed by atoms with E-state index >= 15 is 0 Å². The van der Waals surface area contributed by atoms with Crippen LogP contribution in [0.1, 0.15) is 59.8 Å². The van der Waals surface area contributed by atoms with Crippen molar-refractivity contribution in [2.45, 2.75) is 90.1 Å². The van der Waals surface area contributed by atoms with Gasteiger partial charge in [-0.25, -0.2) is 0 Å². The fourth-order valence-electron chi connectivity index (χ4n) is 3.57. The van der Waals surface area contributed by atoms with E-state index in [1.165, 1.54) is 0 Å². The van der Waals surface area contributed by atoms with Crippen molar-refractivity contribution >= 4 is 8.32 Å². The van der Waals surface area contributed by atoms with Gasteiger partial charge in [0.15, 0.2) is 8.32 Å². The summed E-state index contributed by atoms with van der Waals surface area (Å²) in [6.07, 6.45) is 9.35. The van der Waals surface area contributed by atoms with E-state index in [9.17, 15) is 10.1 Å². The Kier molecular flexibility index (Phi) is 10.3. The second kappa shape index (κ2) is 11.4. The molecule has 1 rings (SSSR count). The molecule has 1 fully saturated rings. The Morgan fingerprint density at radius 3 is 2.54 bits per heavy atom. The van der Waals surface area contributed by atoms with Crippen LogP contribution in [0, 0.1) is 22.0 Å². The van der Waals surface area contributed by atoms with E-state index in [1.807, 2.05) is 0 Å². The lowest BCUT2D eigenvalue weighted by Crippen LogP contribution is -2.43. The van der Waals surface area contributed by atoms with Crippen molar-refractivity contribution in [1.82, 2.24) is 0 Å². The third-order valence-electron chi connectivity index (χ3n) is 6.18. The number of nitrogens with zero attached hydrogens (tertiary/aromatic N) is 1. The SMILES string of the molecule is COCO[C@@H]1C[C@@H](C[N+](=O)[O-])[C@H](/C=C\CCC[C@H](C)O[Si](C)(C)C(C)(C)C)C1. The molecule has 0 aliphatic heterocycles. The summed E-state index contributed by atoms with van der Waals surface area (Å²) in [6.45, 7) is 13.8. The molecule has 0 N–H and O–H groups in total. The molecule has 6 nitrogen and oxygen atoms in total. The Bertz CT molecular complexity index is 504. The predicted molar refractivity (Wildman–Crippen MR) is 116 cm³/mol. The summed E-state index contributed by atoms with van der Waals surface area (Å²) in [4.78, 5) is 10.8. The van der Waals surface area contributed by atoms with Gasteiger partial charge in [-0.2, -0.15) is 0 Å². The Morgan fingerprint density at radius 1 is 1.29 bits per heavy atom. The predicted octanol–water partition coefficient (Wildman–Crippen LogP) is 5.42. The third kappa shape index (κ3) is 8.72. The quantitative estimate of drug-likeness (QED) is 0.106. The molecule has 0 amide bonds. The second-order valence-corrected chi connectivity index (χ2v) is 14.4. The van der Waals surface area contributed by atoms with Crippen LogP contribution in [0.5, 0.6) is 0 Å². The average Bonchev–Trinajstić information content (AvgIpc) is 2.92. The lowest BCUT2D eigenvalue weighted by molar-refractivity contribution is -0.489. The van der Waals surface area contributed by atoms with Crippen LogP contribution < -0.4 is 0 Å². The van der Waals surface area contributed by atoms with E-state index < -0.39 is 8.32 Å². The van der Waals surface area contributed by atoms with Crippen molar-refractivity contribution in [2.24, 2.45) is 11.8 Å². The number of allylic oxidation sites excluding steroid dienone is 2. The van der Waals surface area contributed by atoms with E-state index in [-0.39, 0.29) is 47.3 Å². The number of nitro groups is 1. The van der Waals surface area contributed by atoms with Crippen LogP contribution >= 0.6 is 0 Å².